The monoisotopic (exact) mass is 340 g/mol. The Morgan fingerprint density at radius 1 is 1.28 bits per heavy atom. The van der Waals surface area contributed by atoms with E-state index in [-0.39, 0.29) is 17.7 Å². The molecule has 1 aliphatic heterocycles. The molecule has 1 heterocycles. The summed E-state index contributed by atoms with van der Waals surface area (Å²) in [5.41, 5.74) is 4.68. The van der Waals surface area contributed by atoms with Gasteiger partial charge in [0, 0.05) is 25.2 Å². The lowest BCUT2D eigenvalue weighted by Crippen LogP contribution is -2.33. The summed E-state index contributed by atoms with van der Waals surface area (Å²) in [6, 6.07) is 5.98. The van der Waals surface area contributed by atoms with Crippen LogP contribution in [0.1, 0.15) is 49.7 Å². The van der Waals surface area contributed by atoms with E-state index in [1.165, 1.54) is 30.4 Å². The first-order valence-corrected chi connectivity index (χ1v) is 9.38. The molecule has 4 heteroatoms. The van der Waals surface area contributed by atoms with Gasteiger partial charge in [-0.3, -0.25) is 9.59 Å². The lowest BCUT2D eigenvalue weighted by Gasteiger charge is -2.20. The van der Waals surface area contributed by atoms with Crippen LogP contribution < -0.4 is 10.2 Å². The van der Waals surface area contributed by atoms with Crippen molar-refractivity contribution in [3.05, 3.63) is 41.0 Å². The van der Waals surface area contributed by atoms with Gasteiger partial charge in [0.2, 0.25) is 11.8 Å². The zero-order valence-corrected chi connectivity index (χ0v) is 15.3. The Hall–Kier alpha value is -2.10. The van der Waals surface area contributed by atoms with E-state index in [9.17, 15) is 9.59 Å². The van der Waals surface area contributed by atoms with E-state index in [4.69, 9.17) is 0 Å². The third-order valence-electron chi connectivity index (χ3n) is 5.49. The van der Waals surface area contributed by atoms with E-state index in [1.807, 2.05) is 32.0 Å². The normalized spacial score (nSPS) is 20.6. The molecule has 0 radical (unpaired) electrons. The van der Waals surface area contributed by atoms with Gasteiger partial charge in [-0.15, -0.1) is 0 Å². The highest BCUT2D eigenvalue weighted by Crippen LogP contribution is 2.29. The third-order valence-corrected chi connectivity index (χ3v) is 5.49. The second-order valence-electron chi connectivity index (χ2n) is 7.27. The van der Waals surface area contributed by atoms with Crippen molar-refractivity contribution in [1.82, 2.24) is 5.32 Å². The van der Waals surface area contributed by atoms with Gasteiger partial charge in [0.25, 0.3) is 0 Å². The molecule has 0 unspecified atom stereocenters. The molecule has 1 fully saturated rings. The number of benzene rings is 1. The summed E-state index contributed by atoms with van der Waals surface area (Å²) >= 11 is 0. The molecule has 0 aromatic heterocycles. The molecule has 1 atom stereocenters. The topological polar surface area (TPSA) is 49.4 Å². The SMILES string of the molecule is Cc1cccc(N2C[C@@H](C(=O)NCCC3=CCCCC3)CC2=O)c1C. The second kappa shape index (κ2) is 7.85. The molecule has 0 saturated carbocycles. The highest BCUT2D eigenvalue weighted by atomic mass is 16.2. The van der Waals surface area contributed by atoms with E-state index in [0.717, 1.165) is 24.1 Å². The minimum Gasteiger partial charge on any atom is -0.355 e. The van der Waals surface area contributed by atoms with Crippen LogP contribution in [-0.2, 0) is 9.59 Å². The predicted octanol–water partition coefficient (Wildman–Crippen LogP) is 3.66. The van der Waals surface area contributed by atoms with Crippen LogP contribution >= 0.6 is 0 Å². The molecule has 1 aromatic rings. The summed E-state index contributed by atoms with van der Waals surface area (Å²) in [7, 11) is 0. The average Bonchev–Trinajstić information content (AvgIpc) is 3.00. The number of aryl methyl sites for hydroxylation is 1. The first kappa shape index (κ1) is 17.7. The summed E-state index contributed by atoms with van der Waals surface area (Å²) < 4.78 is 0. The van der Waals surface area contributed by atoms with E-state index in [2.05, 4.69) is 11.4 Å². The molecule has 4 nitrogen and oxygen atoms in total. The number of rotatable bonds is 5. The first-order valence-electron chi connectivity index (χ1n) is 9.38. The van der Waals surface area contributed by atoms with Crippen LogP contribution in [0.25, 0.3) is 0 Å². The lowest BCUT2D eigenvalue weighted by atomic mass is 9.97. The number of hydrogen-bond donors (Lipinski definition) is 1. The smallest absolute Gasteiger partial charge is 0.227 e. The summed E-state index contributed by atoms with van der Waals surface area (Å²) in [6.07, 6.45) is 8.45. The number of carbonyl (C=O) groups is 2. The van der Waals surface area contributed by atoms with Crippen molar-refractivity contribution in [2.24, 2.45) is 5.92 Å². The van der Waals surface area contributed by atoms with Gasteiger partial charge < -0.3 is 10.2 Å². The first-order chi connectivity index (χ1) is 12.1. The second-order valence-corrected chi connectivity index (χ2v) is 7.27. The zero-order valence-electron chi connectivity index (χ0n) is 15.3. The summed E-state index contributed by atoms with van der Waals surface area (Å²) in [4.78, 5) is 26.6. The van der Waals surface area contributed by atoms with Crippen LogP contribution in [0.5, 0.6) is 0 Å². The van der Waals surface area contributed by atoms with Gasteiger partial charge in [0.05, 0.1) is 5.92 Å². The van der Waals surface area contributed by atoms with Gasteiger partial charge in [0.1, 0.15) is 0 Å². The van der Waals surface area contributed by atoms with E-state index in [0.29, 0.717) is 19.5 Å². The van der Waals surface area contributed by atoms with Crippen LogP contribution in [0.15, 0.2) is 29.8 Å². The Labute approximate surface area is 150 Å². The molecule has 25 heavy (non-hydrogen) atoms. The fourth-order valence-corrected chi connectivity index (χ4v) is 3.77. The predicted molar refractivity (Wildman–Crippen MR) is 101 cm³/mol. The van der Waals surface area contributed by atoms with Crippen LogP contribution in [0.4, 0.5) is 5.69 Å². The molecular weight excluding hydrogens is 312 g/mol. The molecule has 1 aromatic carbocycles. The molecular formula is C21H28N2O2. The van der Waals surface area contributed by atoms with Crippen molar-refractivity contribution in [3.63, 3.8) is 0 Å². The Morgan fingerprint density at radius 3 is 2.88 bits per heavy atom. The van der Waals surface area contributed by atoms with Crippen LogP contribution in [0.3, 0.4) is 0 Å². The summed E-state index contributed by atoms with van der Waals surface area (Å²) in [5, 5.41) is 3.03. The number of nitrogens with one attached hydrogen (secondary N) is 1. The van der Waals surface area contributed by atoms with Crippen molar-refractivity contribution in [3.8, 4) is 0 Å². The quantitative estimate of drug-likeness (QED) is 0.832. The molecule has 3 rings (SSSR count). The molecule has 1 saturated heterocycles. The fourth-order valence-electron chi connectivity index (χ4n) is 3.77. The highest BCUT2D eigenvalue weighted by Gasteiger charge is 2.35. The molecule has 0 bridgehead atoms. The number of carbonyl (C=O) groups excluding carboxylic acids is 2. The molecule has 1 aliphatic carbocycles. The van der Waals surface area contributed by atoms with Crippen molar-refractivity contribution >= 4 is 17.5 Å². The van der Waals surface area contributed by atoms with Crippen molar-refractivity contribution < 1.29 is 9.59 Å². The fraction of sp³-hybridized carbons (Fsp3) is 0.524. The van der Waals surface area contributed by atoms with Crippen LogP contribution in [-0.4, -0.2) is 24.9 Å². The number of nitrogens with zero attached hydrogens (tertiary/aromatic N) is 1. The molecule has 1 N–H and O–H groups in total. The van der Waals surface area contributed by atoms with Gasteiger partial charge in [-0.1, -0.05) is 23.8 Å². The number of anilines is 1. The molecule has 2 aliphatic rings. The maximum absolute atomic E-state index is 12.5. The Bertz CT molecular complexity index is 693. The Morgan fingerprint density at radius 2 is 2.12 bits per heavy atom. The van der Waals surface area contributed by atoms with Gasteiger partial charge in [-0.25, -0.2) is 0 Å². The molecule has 134 valence electrons. The van der Waals surface area contributed by atoms with Crippen LogP contribution in [0.2, 0.25) is 0 Å². The largest absolute Gasteiger partial charge is 0.355 e. The van der Waals surface area contributed by atoms with Gasteiger partial charge in [-0.05, 0) is 63.1 Å². The van der Waals surface area contributed by atoms with Crippen molar-refractivity contribution in [2.45, 2.75) is 52.4 Å². The third kappa shape index (κ3) is 4.12. The van der Waals surface area contributed by atoms with E-state index >= 15 is 0 Å². The minimum absolute atomic E-state index is 0.0116. The standard InChI is InChI=1S/C21H28N2O2/c1-15-7-6-10-19(16(15)2)23-14-18(13-20(23)24)21(25)22-12-11-17-8-4-3-5-9-17/h6-8,10,18H,3-5,9,11-14H2,1-2H3,(H,22,25)/t18-/m0/s1. The summed E-state index contributed by atoms with van der Waals surface area (Å²) in [5.74, 6) is -0.186. The van der Waals surface area contributed by atoms with Gasteiger partial charge in [0.15, 0.2) is 0 Å². The number of amides is 2. The van der Waals surface area contributed by atoms with Crippen molar-refractivity contribution in [1.29, 1.82) is 0 Å². The molecule has 0 spiro atoms. The van der Waals surface area contributed by atoms with Crippen molar-refractivity contribution in [2.75, 3.05) is 18.0 Å². The van der Waals surface area contributed by atoms with Gasteiger partial charge in [-0.2, -0.15) is 0 Å². The summed E-state index contributed by atoms with van der Waals surface area (Å²) in [6.45, 7) is 5.24. The number of allylic oxidation sites excluding steroid dienone is 1. The maximum Gasteiger partial charge on any atom is 0.227 e. The average molecular weight is 340 g/mol. The Balaban J connectivity index is 1.55. The molecule has 2 amide bonds. The lowest BCUT2D eigenvalue weighted by molar-refractivity contribution is -0.126. The van der Waals surface area contributed by atoms with E-state index in [1.54, 1.807) is 4.90 Å². The maximum atomic E-state index is 12.5. The number of hydrogen-bond acceptors (Lipinski definition) is 2. The minimum atomic E-state index is -0.243. The van der Waals surface area contributed by atoms with Gasteiger partial charge >= 0.3 is 0 Å². The van der Waals surface area contributed by atoms with Crippen LogP contribution in [0, 0.1) is 19.8 Å². The zero-order chi connectivity index (χ0) is 17.8. The Kier molecular flexibility index (Phi) is 5.57. The van der Waals surface area contributed by atoms with E-state index < -0.39 is 0 Å². The highest BCUT2D eigenvalue weighted by molar-refractivity contribution is 6.00.